The quantitative estimate of drug-likeness (QED) is 0.864. The zero-order valence-corrected chi connectivity index (χ0v) is 11.7. The van der Waals surface area contributed by atoms with Crippen LogP contribution in [0.25, 0.3) is 11.1 Å². The molecule has 0 spiro atoms. The minimum absolute atomic E-state index is 0.532. The number of hydrogen-bond acceptors (Lipinski definition) is 1. The largest absolute Gasteiger partial charge is 0.326 e. The third-order valence-corrected chi connectivity index (χ3v) is 4.24. The molecule has 0 aromatic heterocycles. The summed E-state index contributed by atoms with van der Waals surface area (Å²) in [6.45, 7) is 0.532. The van der Waals surface area contributed by atoms with Crippen molar-refractivity contribution in [1.82, 2.24) is 0 Å². The topological polar surface area (TPSA) is 26.0 Å². The Labute approximate surface area is 119 Å². The van der Waals surface area contributed by atoms with Crippen LogP contribution in [0.4, 0.5) is 0 Å². The van der Waals surface area contributed by atoms with E-state index in [4.69, 9.17) is 17.3 Å². The van der Waals surface area contributed by atoms with E-state index in [1.165, 1.54) is 42.4 Å². The van der Waals surface area contributed by atoms with Crippen LogP contribution in [-0.2, 0) is 19.4 Å². The number of hydrogen-bond donors (Lipinski definition) is 1. The second-order valence-electron chi connectivity index (χ2n) is 5.21. The molecule has 2 N–H and O–H groups in total. The molecule has 1 aliphatic rings. The van der Waals surface area contributed by atoms with Gasteiger partial charge in [-0.05, 0) is 54.0 Å². The van der Waals surface area contributed by atoms with Gasteiger partial charge in [-0.1, -0.05) is 41.9 Å². The maximum atomic E-state index is 6.37. The minimum Gasteiger partial charge on any atom is -0.326 e. The number of halogens is 1. The summed E-state index contributed by atoms with van der Waals surface area (Å²) in [5.41, 5.74) is 12.0. The van der Waals surface area contributed by atoms with E-state index in [1.54, 1.807) is 0 Å². The lowest BCUT2D eigenvalue weighted by Crippen LogP contribution is -2.02. The molecule has 0 heterocycles. The van der Waals surface area contributed by atoms with E-state index in [2.05, 4.69) is 30.3 Å². The van der Waals surface area contributed by atoms with E-state index in [-0.39, 0.29) is 0 Å². The highest BCUT2D eigenvalue weighted by molar-refractivity contribution is 6.33. The van der Waals surface area contributed by atoms with Crippen LogP contribution in [0.1, 0.15) is 29.5 Å². The zero-order chi connectivity index (χ0) is 13.2. The van der Waals surface area contributed by atoms with Crippen molar-refractivity contribution in [3.05, 3.63) is 58.1 Å². The molecule has 0 radical (unpaired) electrons. The number of rotatable bonds is 2. The lowest BCUT2D eigenvalue weighted by Gasteiger charge is -2.17. The highest BCUT2D eigenvalue weighted by atomic mass is 35.5. The molecule has 0 fully saturated rings. The van der Waals surface area contributed by atoms with Gasteiger partial charge in [-0.25, -0.2) is 0 Å². The lowest BCUT2D eigenvalue weighted by atomic mass is 9.89. The first-order valence-corrected chi connectivity index (χ1v) is 7.26. The molecule has 0 unspecified atom stereocenters. The fourth-order valence-corrected chi connectivity index (χ4v) is 3.13. The van der Waals surface area contributed by atoms with Crippen molar-refractivity contribution in [2.75, 3.05) is 0 Å². The monoisotopic (exact) mass is 271 g/mol. The predicted molar refractivity (Wildman–Crippen MR) is 81.4 cm³/mol. The normalized spacial score (nSPS) is 14.2. The molecule has 2 aromatic rings. The molecule has 0 saturated carbocycles. The van der Waals surface area contributed by atoms with Crippen molar-refractivity contribution >= 4 is 11.6 Å². The van der Waals surface area contributed by atoms with Crippen LogP contribution in [0.2, 0.25) is 5.02 Å². The highest BCUT2D eigenvalue weighted by Crippen LogP contribution is 2.32. The smallest absolute Gasteiger partial charge is 0.0487 e. The zero-order valence-electron chi connectivity index (χ0n) is 11.0. The van der Waals surface area contributed by atoms with Gasteiger partial charge in [0.1, 0.15) is 0 Å². The Morgan fingerprint density at radius 1 is 0.947 bits per heavy atom. The Bertz CT molecular complexity index is 604. The molecule has 2 aromatic carbocycles. The Morgan fingerprint density at radius 2 is 1.74 bits per heavy atom. The van der Waals surface area contributed by atoms with Crippen LogP contribution in [0.5, 0.6) is 0 Å². The molecule has 0 saturated heterocycles. The minimum atomic E-state index is 0.532. The van der Waals surface area contributed by atoms with Gasteiger partial charge in [0.15, 0.2) is 0 Å². The van der Waals surface area contributed by atoms with E-state index in [0.717, 1.165) is 16.1 Å². The second kappa shape index (κ2) is 5.36. The molecule has 3 rings (SSSR count). The summed E-state index contributed by atoms with van der Waals surface area (Å²) in [5, 5.41) is 0.790. The maximum absolute atomic E-state index is 6.37. The average molecular weight is 272 g/mol. The molecule has 1 nitrogen and oxygen atoms in total. The predicted octanol–water partition coefficient (Wildman–Crippen LogP) is 4.34. The summed E-state index contributed by atoms with van der Waals surface area (Å²) in [4.78, 5) is 0. The number of fused-ring (bicyclic) bond motifs is 1. The van der Waals surface area contributed by atoms with E-state index < -0.39 is 0 Å². The molecule has 0 aliphatic heterocycles. The third-order valence-electron chi connectivity index (χ3n) is 3.93. The fraction of sp³-hybridized carbons (Fsp3) is 0.294. The van der Waals surface area contributed by atoms with Gasteiger partial charge in [-0.3, -0.25) is 0 Å². The van der Waals surface area contributed by atoms with E-state index in [9.17, 15) is 0 Å². The van der Waals surface area contributed by atoms with E-state index in [0.29, 0.717) is 6.54 Å². The van der Waals surface area contributed by atoms with Crippen LogP contribution in [0.3, 0.4) is 0 Å². The summed E-state index contributed by atoms with van der Waals surface area (Å²) in [6.07, 6.45) is 5.03. The van der Waals surface area contributed by atoms with Gasteiger partial charge in [0, 0.05) is 17.1 Å². The van der Waals surface area contributed by atoms with Crippen LogP contribution in [-0.4, -0.2) is 0 Å². The summed E-state index contributed by atoms with van der Waals surface area (Å²) in [5.74, 6) is 0. The number of aryl methyl sites for hydroxylation is 2. The summed E-state index contributed by atoms with van der Waals surface area (Å²) in [6, 6.07) is 12.9. The summed E-state index contributed by atoms with van der Waals surface area (Å²) < 4.78 is 0. The molecular formula is C17H18ClN. The SMILES string of the molecule is NCc1ccc(-c2ccc3c(c2)CCCC3)c(Cl)c1. The summed E-state index contributed by atoms with van der Waals surface area (Å²) >= 11 is 6.37. The van der Waals surface area contributed by atoms with Crippen molar-refractivity contribution in [2.45, 2.75) is 32.2 Å². The van der Waals surface area contributed by atoms with Crippen molar-refractivity contribution < 1.29 is 0 Å². The van der Waals surface area contributed by atoms with Crippen molar-refractivity contribution in [2.24, 2.45) is 5.73 Å². The molecule has 0 atom stereocenters. The van der Waals surface area contributed by atoms with Gasteiger partial charge in [0.05, 0.1) is 0 Å². The lowest BCUT2D eigenvalue weighted by molar-refractivity contribution is 0.686. The van der Waals surface area contributed by atoms with E-state index >= 15 is 0 Å². The highest BCUT2D eigenvalue weighted by Gasteiger charge is 2.11. The van der Waals surface area contributed by atoms with Gasteiger partial charge >= 0.3 is 0 Å². The first kappa shape index (κ1) is 12.7. The first-order valence-electron chi connectivity index (χ1n) is 6.88. The average Bonchev–Trinajstić information content (AvgIpc) is 2.46. The van der Waals surface area contributed by atoms with Crippen molar-refractivity contribution in [1.29, 1.82) is 0 Å². The van der Waals surface area contributed by atoms with Gasteiger partial charge < -0.3 is 5.73 Å². The third kappa shape index (κ3) is 2.54. The molecule has 0 amide bonds. The summed E-state index contributed by atoms with van der Waals surface area (Å²) in [7, 11) is 0. The second-order valence-corrected chi connectivity index (χ2v) is 5.62. The Kier molecular flexibility index (Phi) is 3.58. The molecular weight excluding hydrogens is 254 g/mol. The van der Waals surface area contributed by atoms with Gasteiger partial charge in [-0.15, -0.1) is 0 Å². The molecule has 0 bridgehead atoms. The van der Waals surface area contributed by atoms with Crippen molar-refractivity contribution in [3.8, 4) is 11.1 Å². The van der Waals surface area contributed by atoms with Crippen LogP contribution in [0.15, 0.2) is 36.4 Å². The number of nitrogens with two attached hydrogens (primary N) is 1. The molecule has 98 valence electrons. The fourth-order valence-electron chi connectivity index (χ4n) is 2.82. The van der Waals surface area contributed by atoms with Crippen LogP contribution in [0, 0.1) is 0 Å². The molecule has 1 aliphatic carbocycles. The molecule has 2 heteroatoms. The Hall–Kier alpha value is -1.31. The van der Waals surface area contributed by atoms with Gasteiger partial charge in [0.25, 0.3) is 0 Å². The van der Waals surface area contributed by atoms with Crippen LogP contribution < -0.4 is 5.73 Å². The van der Waals surface area contributed by atoms with Gasteiger partial charge in [-0.2, -0.15) is 0 Å². The Balaban J connectivity index is 2.02. The van der Waals surface area contributed by atoms with Crippen molar-refractivity contribution in [3.63, 3.8) is 0 Å². The first-order chi connectivity index (χ1) is 9.28. The standard InChI is InChI=1S/C17H18ClN/c18-17-9-12(11-19)5-8-16(17)15-7-6-13-3-1-2-4-14(13)10-15/h5-10H,1-4,11,19H2. The molecule has 19 heavy (non-hydrogen) atoms. The number of benzene rings is 2. The van der Waals surface area contributed by atoms with Gasteiger partial charge in [0.2, 0.25) is 0 Å². The maximum Gasteiger partial charge on any atom is 0.0487 e. The van der Waals surface area contributed by atoms with E-state index in [1.807, 2.05) is 6.07 Å². The Morgan fingerprint density at radius 3 is 2.47 bits per heavy atom. The van der Waals surface area contributed by atoms with Crippen LogP contribution >= 0.6 is 11.6 Å².